The van der Waals surface area contributed by atoms with Gasteiger partial charge in [0.15, 0.2) is 0 Å². The third-order valence-corrected chi connectivity index (χ3v) is 0.471. The van der Waals surface area contributed by atoms with E-state index in [1.807, 2.05) is 0 Å². The number of nitrogens with two attached hydrogens (primary N) is 2. The van der Waals surface area contributed by atoms with Crippen molar-refractivity contribution in [1.29, 1.82) is 0 Å². The zero-order valence-corrected chi connectivity index (χ0v) is 5.44. The molecule has 4 N–H and O–H groups in total. The van der Waals surface area contributed by atoms with E-state index in [9.17, 15) is 0 Å². The fourth-order valence-electron chi connectivity index (χ4n) is 0. The number of hydrogen-bond donors (Lipinski definition) is 2. The Bertz CT molecular complexity index is 20.0. The summed E-state index contributed by atoms with van der Waals surface area (Å²) < 4.78 is 0. The van der Waals surface area contributed by atoms with Gasteiger partial charge in [-0.25, -0.2) is 0 Å². The topological polar surface area (TPSA) is 52.0 Å². The first kappa shape index (κ1) is 10.0. The van der Waals surface area contributed by atoms with Gasteiger partial charge in [0.2, 0.25) is 0 Å². The zero-order chi connectivity index (χ0) is 6.28. The summed E-state index contributed by atoms with van der Waals surface area (Å²) in [4.78, 5) is 0. The van der Waals surface area contributed by atoms with Crippen LogP contribution in [0.25, 0.3) is 0 Å². The lowest BCUT2D eigenvalue weighted by molar-refractivity contribution is 0.664. The normalized spacial score (nSPS) is 7.71. The Morgan fingerprint density at radius 1 is 1.29 bits per heavy atom. The van der Waals surface area contributed by atoms with Gasteiger partial charge < -0.3 is 11.5 Å². The van der Waals surface area contributed by atoms with E-state index in [1.165, 1.54) is 7.05 Å². The van der Waals surface area contributed by atoms with Crippen LogP contribution < -0.4 is 11.5 Å². The summed E-state index contributed by atoms with van der Waals surface area (Å²) in [7, 11) is 1.50. The summed E-state index contributed by atoms with van der Waals surface area (Å²) in [5.41, 5.74) is 9.67. The van der Waals surface area contributed by atoms with Gasteiger partial charge in [-0.2, -0.15) is 0 Å². The molecule has 0 aromatic heterocycles. The van der Waals surface area contributed by atoms with Gasteiger partial charge in [0.05, 0.1) is 0 Å². The van der Waals surface area contributed by atoms with Gasteiger partial charge in [0.25, 0.3) is 0 Å². The van der Waals surface area contributed by atoms with Crippen LogP contribution in [0.2, 0.25) is 0 Å². The molecule has 0 fully saturated rings. The Morgan fingerprint density at radius 2 is 1.43 bits per heavy atom. The average molecular weight is 104 g/mol. The van der Waals surface area contributed by atoms with Crippen LogP contribution in [0.3, 0.4) is 0 Å². The van der Waals surface area contributed by atoms with Crippen molar-refractivity contribution >= 4 is 0 Å². The van der Waals surface area contributed by atoms with Crippen molar-refractivity contribution in [1.82, 2.24) is 0 Å². The molecule has 0 aromatic rings. The van der Waals surface area contributed by atoms with E-state index in [2.05, 4.69) is 19.6 Å². The Balaban J connectivity index is 0. The second-order valence-corrected chi connectivity index (χ2v) is 1.63. The van der Waals surface area contributed by atoms with Crippen molar-refractivity contribution in [3.05, 3.63) is 0 Å². The van der Waals surface area contributed by atoms with E-state index in [4.69, 9.17) is 5.73 Å². The highest BCUT2D eigenvalue weighted by molar-refractivity contribution is 4.38. The van der Waals surface area contributed by atoms with Gasteiger partial charge in [-0.3, -0.25) is 0 Å². The molecule has 0 rings (SSSR count). The molecular formula is C5H16N2. The van der Waals surface area contributed by atoms with Crippen LogP contribution in [0.4, 0.5) is 0 Å². The van der Waals surface area contributed by atoms with Gasteiger partial charge in [-0.05, 0) is 19.5 Å². The summed E-state index contributed by atoms with van der Waals surface area (Å²) >= 11 is 0. The lowest BCUT2D eigenvalue weighted by Gasteiger charge is -1.91. The molecule has 0 saturated carbocycles. The van der Waals surface area contributed by atoms with E-state index < -0.39 is 0 Å². The molecule has 2 nitrogen and oxygen atoms in total. The quantitative estimate of drug-likeness (QED) is 0.498. The van der Waals surface area contributed by atoms with E-state index in [0.717, 1.165) is 6.54 Å². The molecule has 0 unspecified atom stereocenters. The minimum Gasteiger partial charge on any atom is -0.333 e. The van der Waals surface area contributed by atoms with Crippen molar-refractivity contribution in [3.8, 4) is 0 Å². The average Bonchev–Trinajstić information content (AvgIpc) is 1.73. The zero-order valence-electron chi connectivity index (χ0n) is 5.44. The minimum atomic E-state index is 0.662. The van der Waals surface area contributed by atoms with Crippen LogP contribution in [0.1, 0.15) is 13.8 Å². The molecule has 0 amide bonds. The van der Waals surface area contributed by atoms with Gasteiger partial charge in [-0.15, -0.1) is 0 Å². The van der Waals surface area contributed by atoms with Crippen LogP contribution in [-0.4, -0.2) is 13.6 Å². The molecule has 0 aliphatic heterocycles. The Morgan fingerprint density at radius 3 is 1.43 bits per heavy atom. The summed E-state index contributed by atoms with van der Waals surface area (Å²) in [6, 6.07) is 0. The molecule has 0 heterocycles. The summed E-state index contributed by atoms with van der Waals surface area (Å²) in [5, 5.41) is 0. The van der Waals surface area contributed by atoms with Crippen LogP contribution in [0, 0.1) is 5.92 Å². The van der Waals surface area contributed by atoms with Gasteiger partial charge in [0.1, 0.15) is 0 Å². The molecule has 2 heteroatoms. The van der Waals surface area contributed by atoms with Crippen molar-refractivity contribution in [2.45, 2.75) is 13.8 Å². The predicted molar refractivity (Wildman–Crippen MR) is 34.0 cm³/mol. The van der Waals surface area contributed by atoms with Crippen molar-refractivity contribution in [3.63, 3.8) is 0 Å². The van der Waals surface area contributed by atoms with Gasteiger partial charge in [0, 0.05) is 0 Å². The molecule has 0 aromatic carbocycles. The Labute approximate surface area is 45.9 Å². The maximum Gasteiger partial charge on any atom is -0.00541 e. The second kappa shape index (κ2) is 9.33. The molecule has 0 atom stereocenters. The van der Waals surface area contributed by atoms with Gasteiger partial charge in [-0.1, -0.05) is 13.8 Å². The van der Waals surface area contributed by atoms with Crippen molar-refractivity contribution in [2.24, 2.45) is 17.4 Å². The standard InChI is InChI=1S/C4H11N.CH5N/c1-4(2)3-5;1-2/h4H,3,5H2,1-2H3;2H2,1H3. The fraction of sp³-hybridized carbons (Fsp3) is 1.00. The monoisotopic (exact) mass is 104 g/mol. The third-order valence-electron chi connectivity index (χ3n) is 0.471. The molecule has 0 spiro atoms. The highest BCUT2D eigenvalue weighted by atomic mass is 14.5. The second-order valence-electron chi connectivity index (χ2n) is 1.63. The molecule has 0 aliphatic carbocycles. The van der Waals surface area contributed by atoms with Crippen LogP contribution >= 0.6 is 0 Å². The molecule has 46 valence electrons. The van der Waals surface area contributed by atoms with Crippen molar-refractivity contribution < 1.29 is 0 Å². The summed E-state index contributed by atoms with van der Waals surface area (Å²) in [6.07, 6.45) is 0. The lowest BCUT2D eigenvalue weighted by Crippen LogP contribution is -2.05. The fourth-order valence-corrected chi connectivity index (χ4v) is 0. The van der Waals surface area contributed by atoms with Crippen LogP contribution in [-0.2, 0) is 0 Å². The maximum absolute atomic E-state index is 5.17. The molecule has 7 heavy (non-hydrogen) atoms. The molecule has 0 saturated heterocycles. The predicted octanol–water partition coefficient (Wildman–Crippen LogP) is 0.176. The van der Waals surface area contributed by atoms with E-state index in [0.29, 0.717) is 5.92 Å². The smallest absolute Gasteiger partial charge is 0.00541 e. The van der Waals surface area contributed by atoms with E-state index in [1.54, 1.807) is 0 Å². The van der Waals surface area contributed by atoms with E-state index in [-0.39, 0.29) is 0 Å². The van der Waals surface area contributed by atoms with Crippen molar-refractivity contribution in [2.75, 3.05) is 13.6 Å². The highest BCUT2D eigenvalue weighted by Crippen LogP contribution is 1.81. The Hall–Kier alpha value is -0.0800. The van der Waals surface area contributed by atoms with E-state index >= 15 is 0 Å². The van der Waals surface area contributed by atoms with Gasteiger partial charge >= 0.3 is 0 Å². The first-order valence-corrected chi connectivity index (χ1v) is 2.55. The maximum atomic E-state index is 5.17. The molecule has 0 radical (unpaired) electrons. The minimum absolute atomic E-state index is 0.662. The third kappa shape index (κ3) is 24.7. The number of rotatable bonds is 1. The number of hydrogen-bond acceptors (Lipinski definition) is 2. The SMILES string of the molecule is CC(C)CN.CN. The first-order chi connectivity index (χ1) is 3.27. The molecular weight excluding hydrogens is 88.1 g/mol. The highest BCUT2D eigenvalue weighted by Gasteiger charge is 1.80. The lowest BCUT2D eigenvalue weighted by atomic mass is 10.2. The molecule has 0 aliphatic rings. The first-order valence-electron chi connectivity index (χ1n) is 2.55. The molecule has 0 bridgehead atoms. The summed E-state index contributed by atoms with van der Waals surface area (Å²) in [6.45, 7) is 5.00. The Kier molecular flexibility index (Phi) is 13.3. The summed E-state index contributed by atoms with van der Waals surface area (Å²) in [5.74, 6) is 0.662. The van der Waals surface area contributed by atoms with Crippen LogP contribution in [0.15, 0.2) is 0 Å². The van der Waals surface area contributed by atoms with Crippen LogP contribution in [0.5, 0.6) is 0 Å². The largest absolute Gasteiger partial charge is 0.333 e.